The van der Waals surface area contributed by atoms with E-state index < -0.39 is 255 Å². The van der Waals surface area contributed by atoms with Crippen LogP contribution in [-0.2, 0) is 107 Å². The lowest BCUT2D eigenvalue weighted by Gasteiger charge is -2.30. The number of aromatic nitrogens is 1. The molecule has 0 radical (unpaired) electrons. The van der Waals surface area contributed by atoms with Crippen LogP contribution in [0.1, 0.15) is 156 Å². The van der Waals surface area contributed by atoms with E-state index in [1.165, 1.54) is 13.8 Å². The number of unbranched alkanes of at least 4 members (excludes halogenated alkanes) is 5. The van der Waals surface area contributed by atoms with Gasteiger partial charge in [0.05, 0.1) is 45.2 Å². The van der Waals surface area contributed by atoms with E-state index in [0.29, 0.717) is 35.2 Å². The molecular weight excluding hydrogens is 1470 g/mol. The molecule has 12 unspecified atom stereocenters. The zero-order valence-electron chi connectivity index (χ0n) is 62.4. The third-order valence-corrected chi connectivity index (χ3v) is 17.1. The minimum absolute atomic E-state index is 0.00255. The van der Waals surface area contributed by atoms with Crippen molar-refractivity contribution in [3.05, 3.63) is 36.0 Å². The normalized spacial score (nSPS) is 21.4. The number of carboxylic acids is 4. The second kappa shape index (κ2) is 47.1. The van der Waals surface area contributed by atoms with Gasteiger partial charge in [-0.1, -0.05) is 84.4 Å². The number of amides is 15. The number of aromatic amines is 1. The average Bonchev–Trinajstić information content (AvgIpc) is 1.75. The summed E-state index contributed by atoms with van der Waals surface area (Å²) in [7, 11) is 0. The first-order chi connectivity index (χ1) is 52.2. The Labute approximate surface area is 636 Å². The number of hydrogen-bond acceptors (Lipinski definition) is 22. The third kappa shape index (κ3) is 34.5. The number of aliphatic carboxylic acids is 4. The Morgan fingerprint density at radius 3 is 1.60 bits per heavy atom. The summed E-state index contributed by atoms with van der Waals surface area (Å²) in [5, 5.41) is 68.2. The number of nitrogens with one attached hydrogen (secondary N) is 14. The standard InChI is InChI=1S/C69H103N17O25/c1-33(2)16-11-9-7-8-10-12-20-50(89)78-42(24-37-30-73-39-18-14-13-17-38(37)39)64(105)82-44(26-49(72)88)66(107)84-47(29-56(98)99)67(108)86-58-36(6)111-69(110)57(34(3)4)85-62(103)41(21-22-53(92)93)80-65(106)43(25-48(71)87)79-52(91)31-74-60(101)45(27-54(94)95)81-59(100)35(5)76-63(104)46(28-55(96)97)83-61(102)40(19-15-23-70)77-51(90)32-75-68(58)109/h13-14,17-18,30,33-36,40-47,57-58,73H,7-12,15-16,19-29,31-32,70H2,1-6H3,(H2,71,87)(H2,72,88)(H,74,101)(H,75,109)(H,76,104)(H,77,90)(H,78,89)(H,79,91)(H,80,106)(H,81,100)(H,82,105)(H,83,102)(H,84,107)(H,85,103)(H,86,108)(H,92,93)(H,94,95)(H,96,97)(H,98,99). The van der Waals surface area contributed by atoms with Crippen LogP contribution in [0, 0.1) is 11.8 Å². The zero-order valence-corrected chi connectivity index (χ0v) is 62.4. The molecule has 3 rings (SSSR count). The molecule has 1 saturated heterocycles. The van der Waals surface area contributed by atoms with E-state index in [1.807, 2.05) is 10.6 Å². The summed E-state index contributed by atoms with van der Waals surface area (Å²) >= 11 is 0. The first kappa shape index (κ1) is 93.3. The summed E-state index contributed by atoms with van der Waals surface area (Å²) in [4.78, 5) is 272. The molecule has 12 atom stereocenters. The van der Waals surface area contributed by atoms with Crippen LogP contribution < -0.4 is 86.3 Å². The number of esters is 1. The topological polar surface area (TPSA) is 682 Å². The SMILES string of the molecule is CC(C)CCCCCCCCC(=O)NC(Cc1c[nH]c2ccccc12)C(=O)NC(CC(N)=O)C(=O)NC(CC(=O)O)C(=O)NC1C(=O)NCC(=O)NC(CCCN)C(=O)NC(CC(=O)O)C(=O)NC(C)C(=O)NC(CC(=O)O)C(=O)NCC(=O)NC(CC(N)=O)C(=O)NC(CCC(=O)O)C(=O)NC(C(C)C)C(=O)OC1C. The molecule has 2 aromatic rings. The maximum Gasteiger partial charge on any atom is 0.329 e. The number of nitrogens with two attached hydrogens (primary N) is 3. The fraction of sp³-hybridized carbons (Fsp3) is 0.594. The molecule has 42 heteroatoms. The van der Waals surface area contributed by atoms with Crippen molar-refractivity contribution < 1.29 is 121 Å². The fourth-order valence-corrected chi connectivity index (χ4v) is 11.2. The highest BCUT2D eigenvalue weighted by Crippen LogP contribution is 2.21. The van der Waals surface area contributed by atoms with Crippen LogP contribution in [0.25, 0.3) is 10.9 Å². The number of ether oxygens (including phenoxy) is 1. The van der Waals surface area contributed by atoms with Gasteiger partial charge in [-0.25, -0.2) is 4.79 Å². The van der Waals surface area contributed by atoms with Gasteiger partial charge >= 0.3 is 29.8 Å². The summed E-state index contributed by atoms with van der Waals surface area (Å²) in [6.07, 6.45) is -2.40. The lowest BCUT2D eigenvalue weighted by molar-refractivity contribution is -0.157. The van der Waals surface area contributed by atoms with Crippen LogP contribution in [-0.4, -0.2) is 236 Å². The van der Waals surface area contributed by atoms with E-state index in [4.69, 9.17) is 21.9 Å². The molecule has 1 aromatic carbocycles. The molecule has 0 saturated carbocycles. The number of para-hydroxylation sites is 1. The average molecular weight is 1570 g/mol. The molecule has 1 fully saturated rings. The predicted molar refractivity (Wildman–Crippen MR) is 387 cm³/mol. The van der Waals surface area contributed by atoms with Crippen molar-refractivity contribution in [3.8, 4) is 0 Å². The van der Waals surface area contributed by atoms with Crippen LogP contribution >= 0.6 is 0 Å². The first-order valence-electron chi connectivity index (χ1n) is 36.0. The van der Waals surface area contributed by atoms with Gasteiger partial charge in [0.25, 0.3) is 0 Å². The van der Waals surface area contributed by atoms with Crippen LogP contribution in [0.3, 0.4) is 0 Å². The molecule has 111 heavy (non-hydrogen) atoms. The van der Waals surface area contributed by atoms with Gasteiger partial charge in [0.1, 0.15) is 72.6 Å². The lowest BCUT2D eigenvalue weighted by Crippen LogP contribution is -2.61. The highest BCUT2D eigenvalue weighted by atomic mass is 16.5. The molecule has 0 aliphatic carbocycles. The molecule has 1 aliphatic rings. The van der Waals surface area contributed by atoms with E-state index >= 15 is 0 Å². The number of primary amides is 2. The van der Waals surface area contributed by atoms with Gasteiger partial charge < -0.3 is 116 Å². The summed E-state index contributed by atoms with van der Waals surface area (Å²) < 4.78 is 5.65. The quantitative estimate of drug-likeness (QED) is 0.0226. The number of carbonyl (C=O) groups is 20. The molecular formula is C69H103N17O25. The van der Waals surface area contributed by atoms with Crippen molar-refractivity contribution in [1.29, 1.82) is 0 Å². The van der Waals surface area contributed by atoms with Crippen LogP contribution in [0.15, 0.2) is 30.5 Å². The molecule has 42 nitrogen and oxygen atoms in total. The minimum atomic E-state index is -2.33. The Bertz CT molecular complexity index is 3700. The van der Waals surface area contributed by atoms with Gasteiger partial charge in [0.2, 0.25) is 88.6 Å². The summed E-state index contributed by atoms with van der Waals surface area (Å²) in [6, 6.07) is -14.7. The van der Waals surface area contributed by atoms with Gasteiger partial charge in [0.15, 0.2) is 0 Å². The molecule has 15 amide bonds. The Hall–Kier alpha value is -11.9. The Balaban J connectivity index is 2.18. The van der Waals surface area contributed by atoms with E-state index in [1.54, 1.807) is 30.5 Å². The highest BCUT2D eigenvalue weighted by molar-refractivity contribution is 6.02. The molecule has 0 bridgehead atoms. The number of carboxylic acid groups (broad SMARTS) is 4. The minimum Gasteiger partial charge on any atom is -0.481 e. The highest BCUT2D eigenvalue weighted by Gasteiger charge is 2.40. The molecule has 614 valence electrons. The number of cyclic esters (lactones) is 1. The van der Waals surface area contributed by atoms with Crippen molar-refractivity contribution in [1.82, 2.24) is 74.1 Å². The number of carbonyl (C=O) groups excluding carboxylic acids is 16. The Kier molecular flexibility index (Phi) is 39.6. The summed E-state index contributed by atoms with van der Waals surface area (Å²) in [5.41, 5.74) is 17.8. The van der Waals surface area contributed by atoms with Gasteiger partial charge in [-0.2, -0.15) is 0 Å². The maximum absolute atomic E-state index is 14.6. The van der Waals surface area contributed by atoms with Crippen LogP contribution in [0.2, 0.25) is 0 Å². The van der Waals surface area contributed by atoms with Gasteiger partial charge in [-0.15, -0.1) is 0 Å². The van der Waals surface area contributed by atoms with E-state index in [9.17, 15) is 116 Å². The monoisotopic (exact) mass is 1570 g/mol. The third-order valence-electron chi connectivity index (χ3n) is 17.1. The number of rotatable bonds is 35. The van der Waals surface area contributed by atoms with Gasteiger partial charge in [0, 0.05) is 36.4 Å². The second-order valence-corrected chi connectivity index (χ2v) is 27.3. The largest absolute Gasteiger partial charge is 0.481 e. The molecule has 0 spiro atoms. The van der Waals surface area contributed by atoms with Crippen LogP contribution in [0.5, 0.6) is 0 Å². The Morgan fingerprint density at radius 1 is 0.514 bits per heavy atom. The second-order valence-electron chi connectivity index (χ2n) is 27.3. The smallest absolute Gasteiger partial charge is 0.329 e. The first-order valence-corrected chi connectivity index (χ1v) is 36.0. The van der Waals surface area contributed by atoms with E-state index in [-0.39, 0.29) is 32.2 Å². The lowest BCUT2D eigenvalue weighted by atomic mass is 10.0. The zero-order chi connectivity index (χ0) is 83.4. The van der Waals surface area contributed by atoms with Crippen molar-refractivity contribution >= 4 is 129 Å². The Morgan fingerprint density at radius 2 is 1.03 bits per heavy atom. The van der Waals surface area contributed by atoms with Crippen molar-refractivity contribution in [2.75, 3.05) is 19.6 Å². The predicted octanol–water partition coefficient (Wildman–Crippen LogP) is -5.55. The van der Waals surface area contributed by atoms with Crippen molar-refractivity contribution in [2.24, 2.45) is 29.0 Å². The van der Waals surface area contributed by atoms with Gasteiger partial charge in [-0.3, -0.25) is 91.1 Å². The van der Waals surface area contributed by atoms with Crippen molar-refractivity contribution in [2.45, 2.75) is 230 Å². The fourth-order valence-electron chi connectivity index (χ4n) is 11.2. The molecule has 1 aliphatic heterocycles. The van der Waals surface area contributed by atoms with Gasteiger partial charge in [-0.05, 0) is 69.5 Å². The van der Waals surface area contributed by atoms with E-state index in [2.05, 4.69) is 77.3 Å². The van der Waals surface area contributed by atoms with Crippen LogP contribution in [0.4, 0.5) is 0 Å². The molecule has 24 N–H and O–H groups in total. The molecule has 1 aromatic heterocycles. The van der Waals surface area contributed by atoms with Crippen molar-refractivity contribution in [3.63, 3.8) is 0 Å². The molecule has 2 heterocycles. The summed E-state index contributed by atoms with van der Waals surface area (Å²) in [5.74, 6) is -28.0. The van der Waals surface area contributed by atoms with E-state index in [0.717, 1.165) is 46.0 Å². The number of fused-ring (bicyclic) bond motifs is 1. The maximum atomic E-state index is 14.6. The number of H-pyrrole nitrogens is 1. The number of hydrogen-bond donors (Lipinski definition) is 21. The summed E-state index contributed by atoms with van der Waals surface area (Å²) in [6.45, 7) is 6.37. The number of benzene rings is 1.